The zero-order chi connectivity index (χ0) is 12.1. The molecule has 0 saturated carbocycles. The molecule has 0 spiro atoms. The van der Waals surface area contributed by atoms with E-state index in [1.807, 2.05) is 30.3 Å². The average Bonchev–Trinajstić information content (AvgIpc) is 2.36. The molecule has 1 amide bonds. The van der Waals surface area contributed by atoms with Crippen LogP contribution >= 0.6 is 11.6 Å². The van der Waals surface area contributed by atoms with E-state index in [-0.39, 0.29) is 17.8 Å². The van der Waals surface area contributed by atoms with Gasteiger partial charge in [0.2, 0.25) is 5.91 Å². The largest absolute Gasteiger partial charge is 0.386 e. The smallest absolute Gasteiger partial charge is 0.237 e. The van der Waals surface area contributed by atoms with Gasteiger partial charge in [-0.25, -0.2) is 0 Å². The summed E-state index contributed by atoms with van der Waals surface area (Å²) in [4.78, 5) is 12.8. The lowest BCUT2D eigenvalue weighted by molar-refractivity contribution is -0.131. The summed E-state index contributed by atoms with van der Waals surface area (Å²) in [6, 6.07) is 8.96. The van der Waals surface area contributed by atoms with Crippen molar-refractivity contribution in [3.05, 3.63) is 35.9 Å². The Balaban J connectivity index is 2.74. The number of carbonyl (C=O) groups is 1. The summed E-state index contributed by atoms with van der Waals surface area (Å²) in [7, 11) is 1.64. The SMILES string of the molecule is C[C@@H]([C@H](O)c1ccccc1)N(C)C(=O)CCl. The summed E-state index contributed by atoms with van der Waals surface area (Å²) >= 11 is 5.47. The van der Waals surface area contributed by atoms with Crippen molar-refractivity contribution in [2.45, 2.75) is 19.1 Å². The maximum Gasteiger partial charge on any atom is 0.237 e. The van der Waals surface area contributed by atoms with Crippen LogP contribution in [0.25, 0.3) is 0 Å². The molecule has 0 fully saturated rings. The fourth-order valence-electron chi connectivity index (χ4n) is 1.46. The second kappa shape index (κ2) is 5.87. The van der Waals surface area contributed by atoms with Crippen molar-refractivity contribution in [2.75, 3.05) is 12.9 Å². The van der Waals surface area contributed by atoms with Crippen LogP contribution in [-0.2, 0) is 4.79 Å². The van der Waals surface area contributed by atoms with Gasteiger partial charge in [0.1, 0.15) is 5.88 Å². The maximum absolute atomic E-state index is 11.4. The first kappa shape index (κ1) is 13.0. The van der Waals surface area contributed by atoms with Gasteiger partial charge in [-0.05, 0) is 12.5 Å². The summed E-state index contributed by atoms with van der Waals surface area (Å²) in [6.45, 7) is 1.79. The highest BCUT2D eigenvalue weighted by molar-refractivity contribution is 6.27. The van der Waals surface area contributed by atoms with E-state index in [1.165, 1.54) is 4.90 Å². The second-order valence-corrected chi connectivity index (χ2v) is 4.00. The molecule has 1 aromatic rings. The number of benzene rings is 1. The van der Waals surface area contributed by atoms with E-state index in [1.54, 1.807) is 14.0 Å². The number of likely N-dealkylation sites (N-methyl/N-ethyl adjacent to an activating group) is 1. The summed E-state index contributed by atoms with van der Waals surface area (Å²) < 4.78 is 0. The highest BCUT2D eigenvalue weighted by Crippen LogP contribution is 2.19. The Morgan fingerprint density at radius 2 is 2.00 bits per heavy atom. The number of hydrogen-bond acceptors (Lipinski definition) is 2. The number of rotatable bonds is 4. The molecule has 0 saturated heterocycles. The van der Waals surface area contributed by atoms with Crippen LogP contribution in [0.2, 0.25) is 0 Å². The molecular formula is C12H16ClNO2. The van der Waals surface area contributed by atoms with Crippen LogP contribution in [0.5, 0.6) is 0 Å². The first-order chi connectivity index (χ1) is 7.57. The van der Waals surface area contributed by atoms with Gasteiger partial charge in [-0.2, -0.15) is 0 Å². The molecule has 2 atom stereocenters. The van der Waals surface area contributed by atoms with Gasteiger partial charge in [-0.3, -0.25) is 4.79 Å². The zero-order valence-electron chi connectivity index (χ0n) is 9.43. The molecule has 1 N–H and O–H groups in total. The quantitative estimate of drug-likeness (QED) is 0.817. The van der Waals surface area contributed by atoms with Crippen molar-refractivity contribution in [1.82, 2.24) is 4.90 Å². The Hall–Kier alpha value is -1.06. The number of nitrogens with zero attached hydrogens (tertiary/aromatic N) is 1. The monoisotopic (exact) mass is 241 g/mol. The number of amides is 1. The predicted molar refractivity (Wildman–Crippen MR) is 64.4 cm³/mol. The highest BCUT2D eigenvalue weighted by Gasteiger charge is 2.23. The topological polar surface area (TPSA) is 40.5 Å². The lowest BCUT2D eigenvalue weighted by Crippen LogP contribution is -2.39. The fraction of sp³-hybridized carbons (Fsp3) is 0.417. The van der Waals surface area contributed by atoms with Gasteiger partial charge >= 0.3 is 0 Å². The Bertz CT molecular complexity index is 342. The summed E-state index contributed by atoms with van der Waals surface area (Å²) in [5.74, 6) is -0.258. The lowest BCUT2D eigenvalue weighted by Gasteiger charge is -2.28. The van der Waals surface area contributed by atoms with Gasteiger partial charge in [0.15, 0.2) is 0 Å². The van der Waals surface area contributed by atoms with Crippen molar-refractivity contribution in [1.29, 1.82) is 0 Å². The summed E-state index contributed by atoms with van der Waals surface area (Å²) in [5.41, 5.74) is 0.796. The van der Waals surface area contributed by atoms with Crippen LogP contribution in [0.15, 0.2) is 30.3 Å². The second-order valence-electron chi connectivity index (χ2n) is 3.73. The van der Waals surface area contributed by atoms with Crippen LogP contribution in [-0.4, -0.2) is 34.9 Å². The molecule has 0 aromatic heterocycles. The zero-order valence-corrected chi connectivity index (χ0v) is 10.2. The number of aliphatic hydroxyl groups excluding tert-OH is 1. The molecule has 88 valence electrons. The molecule has 1 aromatic carbocycles. The van der Waals surface area contributed by atoms with Crippen LogP contribution in [0.3, 0.4) is 0 Å². The maximum atomic E-state index is 11.4. The summed E-state index contributed by atoms with van der Waals surface area (Å²) in [5, 5.41) is 10.1. The van der Waals surface area contributed by atoms with Gasteiger partial charge in [-0.15, -0.1) is 11.6 Å². The van der Waals surface area contributed by atoms with E-state index >= 15 is 0 Å². The van der Waals surface area contributed by atoms with E-state index in [4.69, 9.17) is 11.6 Å². The van der Waals surface area contributed by atoms with E-state index in [9.17, 15) is 9.90 Å². The standard InChI is InChI=1S/C12H16ClNO2/c1-9(14(2)11(15)8-13)12(16)10-6-4-3-5-7-10/h3-7,9,12,16H,8H2,1-2H3/t9-,12-/m0/s1. The number of aliphatic hydroxyl groups is 1. The Labute approximate surface area is 101 Å². The minimum atomic E-state index is -0.696. The summed E-state index contributed by atoms with van der Waals surface area (Å²) in [6.07, 6.45) is -0.696. The van der Waals surface area contributed by atoms with Crippen LogP contribution in [0.4, 0.5) is 0 Å². The van der Waals surface area contributed by atoms with Crippen molar-refractivity contribution in [2.24, 2.45) is 0 Å². The van der Waals surface area contributed by atoms with Crippen molar-refractivity contribution >= 4 is 17.5 Å². The third kappa shape index (κ3) is 2.97. The molecule has 0 aliphatic carbocycles. The molecule has 0 bridgehead atoms. The highest BCUT2D eigenvalue weighted by atomic mass is 35.5. The van der Waals surface area contributed by atoms with Gasteiger partial charge in [-0.1, -0.05) is 30.3 Å². The number of carbonyl (C=O) groups excluding carboxylic acids is 1. The van der Waals surface area contributed by atoms with Gasteiger partial charge in [0.25, 0.3) is 0 Å². The van der Waals surface area contributed by atoms with Crippen LogP contribution in [0.1, 0.15) is 18.6 Å². The Morgan fingerprint density at radius 3 is 2.50 bits per heavy atom. The Kier molecular flexibility index (Phi) is 4.77. The van der Waals surface area contributed by atoms with Crippen LogP contribution < -0.4 is 0 Å². The van der Waals surface area contributed by atoms with Crippen molar-refractivity contribution in [3.63, 3.8) is 0 Å². The minimum Gasteiger partial charge on any atom is -0.386 e. The molecule has 0 aliphatic rings. The number of halogens is 1. The first-order valence-electron chi connectivity index (χ1n) is 5.12. The molecule has 1 rings (SSSR count). The molecule has 4 heteroatoms. The van der Waals surface area contributed by atoms with Crippen LogP contribution in [0, 0.1) is 0 Å². The van der Waals surface area contributed by atoms with Gasteiger partial charge in [0, 0.05) is 7.05 Å². The molecule has 3 nitrogen and oxygen atoms in total. The fourth-order valence-corrected chi connectivity index (χ4v) is 1.65. The first-order valence-corrected chi connectivity index (χ1v) is 5.66. The van der Waals surface area contributed by atoms with Gasteiger partial charge < -0.3 is 10.0 Å². The molecular weight excluding hydrogens is 226 g/mol. The Morgan fingerprint density at radius 1 is 1.44 bits per heavy atom. The molecule has 0 radical (unpaired) electrons. The number of alkyl halides is 1. The normalized spacial score (nSPS) is 14.2. The molecule has 16 heavy (non-hydrogen) atoms. The molecule has 0 unspecified atom stereocenters. The van der Waals surface area contributed by atoms with E-state index < -0.39 is 6.10 Å². The number of hydrogen-bond donors (Lipinski definition) is 1. The minimum absolute atomic E-state index is 0.0671. The van der Waals surface area contributed by atoms with Crippen molar-refractivity contribution in [3.8, 4) is 0 Å². The van der Waals surface area contributed by atoms with Crippen molar-refractivity contribution < 1.29 is 9.90 Å². The van der Waals surface area contributed by atoms with E-state index in [2.05, 4.69) is 0 Å². The average molecular weight is 242 g/mol. The van der Waals surface area contributed by atoms with E-state index in [0.717, 1.165) is 5.56 Å². The third-order valence-corrected chi connectivity index (χ3v) is 2.95. The third-order valence-electron chi connectivity index (χ3n) is 2.72. The van der Waals surface area contributed by atoms with Gasteiger partial charge in [0.05, 0.1) is 12.1 Å². The van der Waals surface area contributed by atoms with E-state index in [0.29, 0.717) is 0 Å². The predicted octanol–water partition coefficient (Wildman–Crippen LogP) is 1.81. The molecule has 0 aliphatic heterocycles. The lowest BCUT2D eigenvalue weighted by atomic mass is 10.0. The molecule has 0 heterocycles.